The van der Waals surface area contributed by atoms with E-state index >= 15 is 0 Å². The van der Waals surface area contributed by atoms with Crippen molar-refractivity contribution in [1.29, 1.82) is 0 Å². The summed E-state index contributed by atoms with van der Waals surface area (Å²) in [5, 5.41) is 1.03. The second-order valence-corrected chi connectivity index (χ2v) is 3.42. The van der Waals surface area contributed by atoms with Crippen LogP contribution in [0.1, 0.15) is 0 Å². The van der Waals surface area contributed by atoms with E-state index in [0.717, 1.165) is 22.2 Å². The van der Waals surface area contributed by atoms with Gasteiger partial charge in [-0.25, -0.2) is 9.97 Å². The molecule has 0 aliphatic rings. The summed E-state index contributed by atoms with van der Waals surface area (Å²) in [6.07, 6.45) is 7.09. The zero-order valence-electron chi connectivity index (χ0n) is 8.38. The fourth-order valence-corrected chi connectivity index (χ4v) is 1.70. The molecular formula is C11H9N5. The third-order valence-corrected chi connectivity index (χ3v) is 2.43. The number of nitrogens with zero attached hydrogens (tertiary/aromatic N) is 3. The first-order chi connectivity index (χ1) is 7.84. The van der Waals surface area contributed by atoms with Crippen molar-refractivity contribution in [2.45, 2.75) is 0 Å². The summed E-state index contributed by atoms with van der Waals surface area (Å²) >= 11 is 0. The van der Waals surface area contributed by atoms with Crippen molar-refractivity contribution in [3.05, 3.63) is 36.9 Å². The molecule has 0 aliphatic heterocycles. The molecule has 5 nitrogen and oxygen atoms in total. The molecule has 0 aromatic carbocycles. The molecule has 0 aliphatic carbocycles. The molecule has 0 saturated carbocycles. The van der Waals surface area contributed by atoms with Gasteiger partial charge in [0.05, 0.1) is 5.69 Å². The maximum Gasteiger partial charge on any atom is 0.220 e. The lowest BCUT2D eigenvalue weighted by Gasteiger charge is -1.98. The van der Waals surface area contributed by atoms with E-state index in [1.807, 2.05) is 18.3 Å². The molecular weight excluding hydrogens is 202 g/mol. The number of hydrogen-bond donors (Lipinski definition) is 2. The smallest absolute Gasteiger partial charge is 0.220 e. The topological polar surface area (TPSA) is 80.5 Å². The van der Waals surface area contributed by atoms with Crippen LogP contribution in [-0.4, -0.2) is 19.9 Å². The molecule has 0 radical (unpaired) electrons. The van der Waals surface area contributed by atoms with E-state index in [1.54, 1.807) is 18.6 Å². The van der Waals surface area contributed by atoms with Crippen LogP contribution in [0.4, 0.5) is 5.95 Å². The van der Waals surface area contributed by atoms with Crippen molar-refractivity contribution >= 4 is 16.9 Å². The number of pyridine rings is 1. The minimum absolute atomic E-state index is 0.274. The van der Waals surface area contributed by atoms with E-state index in [4.69, 9.17) is 5.73 Å². The fourth-order valence-electron chi connectivity index (χ4n) is 1.70. The first kappa shape index (κ1) is 8.84. The van der Waals surface area contributed by atoms with Gasteiger partial charge in [-0.2, -0.15) is 0 Å². The molecule has 5 heteroatoms. The van der Waals surface area contributed by atoms with Gasteiger partial charge in [0.15, 0.2) is 0 Å². The Hall–Kier alpha value is -2.43. The predicted molar refractivity (Wildman–Crippen MR) is 61.5 cm³/mol. The number of anilines is 1. The second kappa shape index (κ2) is 3.30. The molecule has 0 spiro atoms. The Morgan fingerprint density at radius 1 is 1.19 bits per heavy atom. The van der Waals surface area contributed by atoms with Gasteiger partial charge in [0.2, 0.25) is 5.95 Å². The van der Waals surface area contributed by atoms with E-state index in [2.05, 4.69) is 19.9 Å². The molecule has 0 fully saturated rings. The molecule has 0 unspecified atom stereocenters. The van der Waals surface area contributed by atoms with Crippen LogP contribution in [0.2, 0.25) is 0 Å². The number of fused-ring (bicyclic) bond motifs is 1. The van der Waals surface area contributed by atoms with Crippen molar-refractivity contribution in [2.24, 2.45) is 0 Å². The average molecular weight is 211 g/mol. The van der Waals surface area contributed by atoms with Crippen LogP contribution in [0, 0.1) is 0 Å². The van der Waals surface area contributed by atoms with Gasteiger partial charge in [-0.05, 0) is 12.1 Å². The lowest BCUT2D eigenvalue weighted by Crippen LogP contribution is -1.94. The zero-order valence-corrected chi connectivity index (χ0v) is 8.38. The van der Waals surface area contributed by atoms with Gasteiger partial charge in [0, 0.05) is 41.3 Å². The first-order valence-corrected chi connectivity index (χ1v) is 4.84. The molecule has 3 aromatic heterocycles. The summed E-state index contributed by atoms with van der Waals surface area (Å²) in [6, 6.07) is 3.75. The van der Waals surface area contributed by atoms with E-state index in [-0.39, 0.29) is 5.95 Å². The summed E-state index contributed by atoms with van der Waals surface area (Å²) in [5.41, 5.74) is 8.37. The first-order valence-electron chi connectivity index (χ1n) is 4.84. The van der Waals surface area contributed by atoms with Gasteiger partial charge in [-0.3, -0.25) is 4.98 Å². The van der Waals surface area contributed by atoms with Crippen molar-refractivity contribution in [2.75, 3.05) is 5.73 Å². The molecule has 3 rings (SSSR count). The number of aromatic amines is 1. The summed E-state index contributed by atoms with van der Waals surface area (Å²) in [5.74, 6) is 0.274. The minimum atomic E-state index is 0.274. The molecule has 3 N–H and O–H groups in total. The number of H-pyrrole nitrogens is 1. The quantitative estimate of drug-likeness (QED) is 0.640. The SMILES string of the molecule is Nc1nccc(-c2c[nH]c3ccncc23)n1. The van der Waals surface area contributed by atoms with Crippen molar-refractivity contribution in [3.63, 3.8) is 0 Å². The Kier molecular flexibility index (Phi) is 1.83. The van der Waals surface area contributed by atoms with Crippen LogP contribution in [0.25, 0.3) is 22.2 Å². The molecule has 78 valence electrons. The molecule has 0 bridgehead atoms. The van der Waals surface area contributed by atoms with Gasteiger partial charge in [0.25, 0.3) is 0 Å². The third-order valence-electron chi connectivity index (χ3n) is 2.43. The lowest BCUT2D eigenvalue weighted by atomic mass is 10.1. The number of hydrogen-bond acceptors (Lipinski definition) is 4. The Balaban J connectivity index is 2.26. The number of nitrogens with two attached hydrogens (primary N) is 1. The summed E-state index contributed by atoms with van der Waals surface area (Å²) in [6.45, 7) is 0. The van der Waals surface area contributed by atoms with Crippen LogP contribution in [0.3, 0.4) is 0 Å². The fraction of sp³-hybridized carbons (Fsp3) is 0. The Morgan fingerprint density at radius 3 is 3.00 bits per heavy atom. The van der Waals surface area contributed by atoms with Crippen molar-refractivity contribution in [1.82, 2.24) is 19.9 Å². The molecule has 3 heterocycles. The predicted octanol–water partition coefficient (Wildman–Crippen LogP) is 1.60. The van der Waals surface area contributed by atoms with E-state index in [1.165, 1.54) is 0 Å². The number of aromatic nitrogens is 4. The number of nitrogens with one attached hydrogen (secondary N) is 1. The molecule has 0 atom stereocenters. The van der Waals surface area contributed by atoms with E-state index in [0.29, 0.717) is 0 Å². The highest BCUT2D eigenvalue weighted by atomic mass is 15.0. The van der Waals surface area contributed by atoms with E-state index < -0.39 is 0 Å². The third kappa shape index (κ3) is 1.30. The van der Waals surface area contributed by atoms with Gasteiger partial charge in [0.1, 0.15) is 0 Å². The van der Waals surface area contributed by atoms with Crippen LogP contribution in [0.15, 0.2) is 36.9 Å². The average Bonchev–Trinajstić information content (AvgIpc) is 2.72. The zero-order chi connectivity index (χ0) is 11.0. The van der Waals surface area contributed by atoms with Crippen LogP contribution >= 0.6 is 0 Å². The van der Waals surface area contributed by atoms with Crippen molar-refractivity contribution in [3.8, 4) is 11.3 Å². The monoisotopic (exact) mass is 211 g/mol. The lowest BCUT2D eigenvalue weighted by molar-refractivity contribution is 1.19. The van der Waals surface area contributed by atoms with Crippen LogP contribution in [0.5, 0.6) is 0 Å². The van der Waals surface area contributed by atoms with Gasteiger partial charge >= 0.3 is 0 Å². The normalized spacial score (nSPS) is 10.8. The highest BCUT2D eigenvalue weighted by molar-refractivity contribution is 5.93. The largest absolute Gasteiger partial charge is 0.368 e. The standard InChI is InChI=1S/C11H9N5/c12-11-14-4-2-10(16-11)8-6-15-9-1-3-13-5-7(8)9/h1-6,15H,(H2,12,14,16). The van der Waals surface area contributed by atoms with E-state index in [9.17, 15) is 0 Å². The molecule has 0 saturated heterocycles. The Morgan fingerprint density at radius 2 is 2.12 bits per heavy atom. The highest BCUT2D eigenvalue weighted by Crippen LogP contribution is 2.26. The molecule has 3 aromatic rings. The van der Waals surface area contributed by atoms with Gasteiger partial charge in [-0.15, -0.1) is 0 Å². The highest BCUT2D eigenvalue weighted by Gasteiger charge is 2.07. The van der Waals surface area contributed by atoms with Gasteiger partial charge in [-0.1, -0.05) is 0 Å². The summed E-state index contributed by atoms with van der Waals surface area (Å²) < 4.78 is 0. The number of nitrogen functional groups attached to an aromatic ring is 1. The van der Waals surface area contributed by atoms with Crippen LogP contribution in [-0.2, 0) is 0 Å². The summed E-state index contributed by atoms with van der Waals surface area (Å²) in [7, 11) is 0. The van der Waals surface area contributed by atoms with Crippen molar-refractivity contribution < 1.29 is 0 Å². The van der Waals surface area contributed by atoms with Gasteiger partial charge < -0.3 is 10.7 Å². The Labute approximate surface area is 91.4 Å². The minimum Gasteiger partial charge on any atom is -0.368 e. The molecule has 16 heavy (non-hydrogen) atoms. The summed E-state index contributed by atoms with van der Waals surface area (Å²) in [4.78, 5) is 15.3. The maximum atomic E-state index is 5.56. The maximum absolute atomic E-state index is 5.56. The molecule has 0 amide bonds. The number of rotatable bonds is 1. The Bertz CT molecular complexity index is 643. The second-order valence-electron chi connectivity index (χ2n) is 3.42. The van der Waals surface area contributed by atoms with Crippen LogP contribution < -0.4 is 5.73 Å².